The van der Waals surface area contributed by atoms with Gasteiger partial charge in [-0.05, 0) is 32.4 Å². The number of methoxy groups -OCH3 is 1. The molecule has 0 bridgehead atoms. The molecular formula is C15H17NO3. The molecule has 0 aromatic heterocycles. The molecule has 1 aromatic rings. The number of allylic oxidation sites excluding steroid dienone is 1. The van der Waals surface area contributed by atoms with Crippen LogP contribution >= 0.6 is 0 Å². The minimum Gasteiger partial charge on any atom is -0.452 e. The number of benzene rings is 1. The van der Waals surface area contributed by atoms with Crippen LogP contribution in [0, 0.1) is 0 Å². The molecule has 4 heteroatoms. The van der Waals surface area contributed by atoms with Gasteiger partial charge < -0.3 is 4.74 Å². The summed E-state index contributed by atoms with van der Waals surface area (Å²) in [7, 11) is 1.33. The van der Waals surface area contributed by atoms with Gasteiger partial charge in [-0.3, -0.25) is 9.69 Å². The Bertz CT molecular complexity index is 544. The third-order valence-electron chi connectivity index (χ3n) is 3.16. The Morgan fingerprint density at radius 3 is 2.68 bits per heavy atom. The van der Waals surface area contributed by atoms with Crippen LogP contribution in [0.25, 0.3) is 0 Å². The Labute approximate surface area is 112 Å². The zero-order valence-corrected chi connectivity index (χ0v) is 11.3. The smallest absolute Gasteiger partial charge is 0.414 e. The Hall–Kier alpha value is -2.10. The summed E-state index contributed by atoms with van der Waals surface area (Å²) in [4.78, 5) is 25.7. The lowest BCUT2D eigenvalue weighted by Gasteiger charge is -2.21. The van der Waals surface area contributed by atoms with Crippen molar-refractivity contribution in [3.63, 3.8) is 0 Å². The number of carbonyl (C=O) groups excluding carboxylic acids is 2. The van der Waals surface area contributed by atoms with Crippen LogP contribution in [-0.2, 0) is 4.74 Å². The minimum absolute atomic E-state index is 0.0292. The zero-order valence-electron chi connectivity index (χ0n) is 11.3. The quantitative estimate of drug-likeness (QED) is 0.766. The highest BCUT2D eigenvalue weighted by molar-refractivity contribution is 6.16. The van der Waals surface area contributed by atoms with Crippen molar-refractivity contribution < 1.29 is 14.3 Å². The molecule has 1 unspecified atom stereocenters. The van der Waals surface area contributed by atoms with Crippen molar-refractivity contribution in [1.82, 2.24) is 0 Å². The molecule has 0 saturated carbocycles. The molecule has 0 spiro atoms. The van der Waals surface area contributed by atoms with Crippen LogP contribution in [0.4, 0.5) is 10.5 Å². The van der Waals surface area contributed by atoms with Crippen molar-refractivity contribution in [1.29, 1.82) is 0 Å². The Balaban J connectivity index is 2.41. The molecule has 19 heavy (non-hydrogen) atoms. The largest absolute Gasteiger partial charge is 0.452 e. The predicted octanol–water partition coefficient (Wildman–Crippen LogP) is 3.18. The van der Waals surface area contributed by atoms with E-state index in [9.17, 15) is 9.59 Å². The van der Waals surface area contributed by atoms with Crippen LogP contribution < -0.4 is 4.90 Å². The van der Waals surface area contributed by atoms with Crippen LogP contribution in [0.15, 0.2) is 35.9 Å². The van der Waals surface area contributed by atoms with E-state index in [0.717, 1.165) is 5.57 Å². The predicted molar refractivity (Wildman–Crippen MR) is 73.5 cm³/mol. The van der Waals surface area contributed by atoms with Crippen molar-refractivity contribution in [2.75, 3.05) is 12.0 Å². The number of rotatable bonds is 2. The topological polar surface area (TPSA) is 46.6 Å². The summed E-state index contributed by atoms with van der Waals surface area (Å²) in [6.45, 7) is 3.93. The minimum atomic E-state index is -0.500. The molecule has 0 radical (unpaired) electrons. The number of ether oxygens (including phenoxy) is 1. The number of ketones is 1. The maximum atomic E-state index is 12.4. The average molecular weight is 259 g/mol. The standard InChI is InChI=1S/C15H17NO3/c1-10(2)8-9-13-14(17)11-6-4-5-7-12(11)16(13)15(18)19-3/h4-8,13H,9H2,1-3H3. The molecule has 1 aliphatic rings. The summed E-state index contributed by atoms with van der Waals surface area (Å²) >= 11 is 0. The van der Waals surface area contributed by atoms with Crippen molar-refractivity contribution in [2.24, 2.45) is 0 Å². The van der Waals surface area contributed by atoms with Gasteiger partial charge in [-0.15, -0.1) is 0 Å². The zero-order chi connectivity index (χ0) is 14.0. The first-order chi connectivity index (χ1) is 9.06. The van der Waals surface area contributed by atoms with Gasteiger partial charge in [-0.1, -0.05) is 23.8 Å². The fraction of sp³-hybridized carbons (Fsp3) is 0.333. The van der Waals surface area contributed by atoms with Gasteiger partial charge in [-0.2, -0.15) is 0 Å². The Morgan fingerprint density at radius 1 is 1.37 bits per heavy atom. The summed E-state index contributed by atoms with van der Waals surface area (Å²) in [5.41, 5.74) is 2.33. The number of Topliss-reactive ketones (excluding diaryl/α,β-unsaturated/α-hetero) is 1. The molecule has 4 nitrogen and oxygen atoms in total. The Kier molecular flexibility index (Phi) is 3.69. The van der Waals surface area contributed by atoms with E-state index in [2.05, 4.69) is 0 Å². The van der Waals surface area contributed by atoms with Crippen LogP contribution in [0.1, 0.15) is 30.6 Å². The maximum absolute atomic E-state index is 12.4. The Morgan fingerprint density at radius 2 is 2.05 bits per heavy atom. The van der Waals surface area contributed by atoms with Crippen molar-refractivity contribution in [2.45, 2.75) is 26.3 Å². The number of anilines is 1. The SMILES string of the molecule is COC(=O)N1c2ccccc2C(=O)C1CC=C(C)C. The highest BCUT2D eigenvalue weighted by Crippen LogP contribution is 2.34. The van der Waals surface area contributed by atoms with Gasteiger partial charge in [0.15, 0.2) is 5.78 Å². The molecule has 2 rings (SSSR count). The lowest BCUT2D eigenvalue weighted by molar-refractivity contribution is 0.0966. The summed E-state index contributed by atoms with van der Waals surface area (Å²) in [5, 5.41) is 0. The van der Waals surface area contributed by atoms with Crippen molar-refractivity contribution in [3.8, 4) is 0 Å². The van der Waals surface area contributed by atoms with E-state index in [0.29, 0.717) is 17.7 Å². The van der Waals surface area contributed by atoms with Gasteiger partial charge in [-0.25, -0.2) is 4.79 Å². The molecule has 0 aliphatic carbocycles. The van der Waals surface area contributed by atoms with Crippen molar-refractivity contribution in [3.05, 3.63) is 41.5 Å². The number of fused-ring (bicyclic) bond motifs is 1. The lowest BCUT2D eigenvalue weighted by Crippen LogP contribution is -2.39. The normalized spacial score (nSPS) is 17.1. The number of para-hydroxylation sites is 1. The summed E-state index contributed by atoms with van der Waals surface area (Å²) in [5.74, 6) is -0.0292. The monoisotopic (exact) mass is 259 g/mol. The van der Waals surface area contributed by atoms with Crippen molar-refractivity contribution >= 4 is 17.6 Å². The molecule has 1 atom stereocenters. The molecule has 1 aromatic carbocycles. The van der Waals surface area contributed by atoms with Crippen LogP contribution in [0.3, 0.4) is 0 Å². The number of hydrogen-bond acceptors (Lipinski definition) is 3. The summed E-state index contributed by atoms with van der Waals surface area (Å²) in [6.07, 6.45) is 1.97. The number of amides is 1. The number of nitrogens with zero attached hydrogens (tertiary/aromatic N) is 1. The summed E-state index contributed by atoms with van der Waals surface area (Å²) in [6, 6.07) is 6.63. The molecule has 1 heterocycles. The summed E-state index contributed by atoms with van der Waals surface area (Å²) < 4.78 is 4.79. The first-order valence-corrected chi connectivity index (χ1v) is 6.20. The van der Waals surface area contributed by atoms with Crippen LogP contribution in [-0.4, -0.2) is 25.0 Å². The van der Waals surface area contributed by atoms with E-state index in [-0.39, 0.29) is 5.78 Å². The van der Waals surface area contributed by atoms with Crippen LogP contribution in [0.2, 0.25) is 0 Å². The molecule has 0 saturated heterocycles. The highest BCUT2D eigenvalue weighted by Gasteiger charge is 2.40. The molecule has 0 N–H and O–H groups in total. The van der Waals surface area contributed by atoms with E-state index < -0.39 is 12.1 Å². The van der Waals surface area contributed by atoms with Gasteiger partial charge in [0.05, 0.1) is 12.8 Å². The fourth-order valence-electron chi connectivity index (χ4n) is 2.24. The van der Waals surface area contributed by atoms with E-state index in [4.69, 9.17) is 4.74 Å². The van der Waals surface area contributed by atoms with E-state index in [1.165, 1.54) is 12.0 Å². The lowest BCUT2D eigenvalue weighted by atomic mass is 10.0. The van der Waals surface area contributed by atoms with E-state index in [1.54, 1.807) is 18.2 Å². The third kappa shape index (κ3) is 2.38. The highest BCUT2D eigenvalue weighted by atomic mass is 16.5. The van der Waals surface area contributed by atoms with Gasteiger partial charge in [0.1, 0.15) is 6.04 Å². The second kappa shape index (κ2) is 5.26. The third-order valence-corrected chi connectivity index (χ3v) is 3.16. The van der Waals surface area contributed by atoms with E-state index >= 15 is 0 Å². The maximum Gasteiger partial charge on any atom is 0.414 e. The van der Waals surface area contributed by atoms with Gasteiger partial charge >= 0.3 is 6.09 Å². The average Bonchev–Trinajstić information content (AvgIpc) is 2.69. The first-order valence-electron chi connectivity index (χ1n) is 6.20. The van der Waals surface area contributed by atoms with E-state index in [1.807, 2.05) is 26.0 Å². The van der Waals surface area contributed by atoms with Gasteiger partial charge in [0.2, 0.25) is 0 Å². The number of hydrogen-bond donors (Lipinski definition) is 0. The molecule has 100 valence electrons. The fourth-order valence-corrected chi connectivity index (χ4v) is 2.24. The molecule has 1 amide bonds. The second-order valence-electron chi connectivity index (χ2n) is 4.75. The molecular weight excluding hydrogens is 242 g/mol. The second-order valence-corrected chi connectivity index (χ2v) is 4.75. The molecule has 0 fully saturated rings. The van der Waals surface area contributed by atoms with Gasteiger partial charge in [0, 0.05) is 5.56 Å². The molecule has 1 aliphatic heterocycles. The van der Waals surface area contributed by atoms with Crippen LogP contribution in [0.5, 0.6) is 0 Å². The van der Waals surface area contributed by atoms with Gasteiger partial charge in [0.25, 0.3) is 0 Å². The first kappa shape index (κ1) is 13.3. The number of carbonyl (C=O) groups is 2.